The number of halogens is 2. The Kier molecular flexibility index (Phi) is 7.61. The zero-order valence-electron chi connectivity index (χ0n) is 15.0. The molecule has 0 aliphatic carbocycles. The quantitative estimate of drug-likeness (QED) is 0.462. The minimum Gasteiger partial charge on any atom is -0.465 e. The van der Waals surface area contributed by atoms with Crippen LogP contribution in [0.15, 0.2) is 16.9 Å². The zero-order chi connectivity index (χ0) is 19.4. The molecule has 2 N–H and O–H groups in total. The Bertz CT molecular complexity index is 650. The van der Waals surface area contributed by atoms with E-state index in [2.05, 4.69) is 60.1 Å². The zero-order valence-corrected chi connectivity index (χ0v) is 18.4. The Morgan fingerprint density at radius 3 is 2.52 bits per heavy atom. The molecular weight excluding hydrogens is 428 g/mol. The normalized spacial score (nSPS) is 13.4. The molecule has 1 aromatic rings. The van der Waals surface area contributed by atoms with Crippen molar-refractivity contribution >= 4 is 47.7 Å². The summed E-state index contributed by atoms with van der Waals surface area (Å²) in [5.41, 5.74) is 0.287. The summed E-state index contributed by atoms with van der Waals surface area (Å²) in [6, 6.07) is 0. The van der Waals surface area contributed by atoms with Crippen LogP contribution in [-0.2, 0) is 4.43 Å². The van der Waals surface area contributed by atoms with E-state index in [4.69, 9.17) is 21.1 Å². The number of ketones is 1. The van der Waals surface area contributed by atoms with Crippen molar-refractivity contribution in [3.8, 4) is 0 Å². The van der Waals surface area contributed by atoms with Gasteiger partial charge in [0.25, 0.3) is 0 Å². The van der Waals surface area contributed by atoms with Gasteiger partial charge < -0.3 is 14.8 Å². The number of rotatable bonds is 7. The van der Waals surface area contributed by atoms with Crippen molar-refractivity contribution in [3.63, 3.8) is 0 Å². The highest BCUT2D eigenvalue weighted by atomic mass is 79.9. The van der Waals surface area contributed by atoms with E-state index in [-0.39, 0.29) is 34.4 Å². The van der Waals surface area contributed by atoms with Crippen LogP contribution in [0, 0.1) is 0 Å². The maximum atomic E-state index is 12.6. The molecule has 1 rings (SSSR count). The van der Waals surface area contributed by atoms with E-state index < -0.39 is 20.5 Å². The summed E-state index contributed by atoms with van der Waals surface area (Å²) in [6.07, 6.45) is 1.21. The van der Waals surface area contributed by atoms with E-state index in [1.807, 2.05) is 0 Å². The van der Waals surface area contributed by atoms with Gasteiger partial charge in [0.15, 0.2) is 14.1 Å². The lowest BCUT2D eigenvalue weighted by atomic mass is 10.1. The van der Waals surface area contributed by atoms with Gasteiger partial charge in [-0.25, -0.2) is 4.79 Å². The first-order valence-corrected chi connectivity index (χ1v) is 11.9. The van der Waals surface area contributed by atoms with Crippen LogP contribution < -0.4 is 5.32 Å². The number of hydrogen-bond donors (Lipinski definition) is 2. The van der Waals surface area contributed by atoms with Gasteiger partial charge in [-0.05, 0) is 34.1 Å². The van der Waals surface area contributed by atoms with E-state index in [1.165, 1.54) is 12.4 Å². The average Bonchev–Trinajstić information content (AvgIpc) is 2.46. The molecule has 0 saturated heterocycles. The maximum absolute atomic E-state index is 12.6. The molecule has 1 heterocycles. The maximum Gasteiger partial charge on any atom is 0.404 e. The predicted molar refractivity (Wildman–Crippen MR) is 104 cm³/mol. The number of hydrogen-bond acceptors (Lipinski definition) is 4. The van der Waals surface area contributed by atoms with E-state index in [1.54, 1.807) is 0 Å². The first-order valence-electron chi connectivity index (χ1n) is 7.82. The van der Waals surface area contributed by atoms with Crippen molar-refractivity contribution < 1.29 is 19.1 Å². The molecule has 0 radical (unpaired) electrons. The molecule has 1 aromatic heterocycles. The monoisotopic (exact) mass is 450 g/mol. The topological polar surface area (TPSA) is 88.5 Å². The van der Waals surface area contributed by atoms with Gasteiger partial charge in [0, 0.05) is 25.4 Å². The van der Waals surface area contributed by atoms with Crippen molar-refractivity contribution in [3.05, 3.63) is 27.5 Å². The number of Topliss-reactive ketones (excluding diaryl/α,β-unsaturated/α-hetero) is 1. The number of pyridine rings is 1. The van der Waals surface area contributed by atoms with Gasteiger partial charge in [-0.2, -0.15) is 0 Å². The SMILES string of the molecule is CC(C)(C)[Si](C)(C)OC(CNC(=O)O)CC(=O)c1cncc(Br)c1Cl. The fraction of sp³-hybridized carbons (Fsp3) is 0.562. The summed E-state index contributed by atoms with van der Waals surface area (Å²) in [5, 5.41) is 11.4. The van der Waals surface area contributed by atoms with Crippen molar-refractivity contribution in [2.75, 3.05) is 6.54 Å². The Hall–Kier alpha value is -0.963. The van der Waals surface area contributed by atoms with Gasteiger partial charge in [0.1, 0.15) is 0 Å². The standard InChI is InChI=1S/C16H24BrClN2O4Si/c1-16(2,3)25(4,5)24-10(7-20-15(22)23)6-13(21)11-8-19-9-12(17)14(11)18/h8-10,20H,6-7H2,1-5H3,(H,22,23). The Balaban J connectivity index is 2.98. The Morgan fingerprint density at radius 2 is 2.00 bits per heavy atom. The van der Waals surface area contributed by atoms with Gasteiger partial charge >= 0.3 is 6.09 Å². The van der Waals surface area contributed by atoms with Gasteiger partial charge in [-0.3, -0.25) is 9.78 Å². The number of nitrogens with one attached hydrogen (secondary N) is 1. The number of aromatic nitrogens is 1. The third-order valence-electron chi connectivity index (χ3n) is 4.30. The van der Waals surface area contributed by atoms with Crippen LogP contribution >= 0.6 is 27.5 Å². The van der Waals surface area contributed by atoms with Crippen molar-refractivity contribution in [2.24, 2.45) is 0 Å². The molecule has 1 amide bonds. The summed E-state index contributed by atoms with van der Waals surface area (Å²) >= 11 is 9.40. The minimum absolute atomic E-state index is 0.0185. The van der Waals surface area contributed by atoms with Crippen LogP contribution in [0.25, 0.3) is 0 Å². The molecule has 9 heteroatoms. The van der Waals surface area contributed by atoms with Crippen LogP contribution in [0.5, 0.6) is 0 Å². The molecule has 0 fully saturated rings. The van der Waals surface area contributed by atoms with Gasteiger partial charge in [-0.15, -0.1) is 0 Å². The smallest absolute Gasteiger partial charge is 0.404 e. The number of amides is 1. The summed E-state index contributed by atoms with van der Waals surface area (Å²) in [5.74, 6) is -0.241. The molecule has 0 spiro atoms. The lowest BCUT2D eigenvalue weighted by molar-refractivity contribution is 0.0887. The fourth-order valence-electron chi connectivity index (χ4n) is 1.88. The molecule has 0 aromatic carbocycles. The minimum atomic E-state index is -2.18. The first-order chi connectivity index (χ1) is 11.3. The molecule has 25 heavy (non-hydrogen) atoms. The second-order valence-electron chi connectivity index (χ2n) is 7.30. The van der Waals surface area contributed by atoms with Crippen LogP contribution in [0.4, 0.5) is 4.79 Å². The van der Waals surface area contributed by atoms with E-state index in [0.717, 1.165) is 0 Å². The molecule has 1 unspecified atom stereocenters. The van der Waals surface area contributed by atoms with Crippen LogP contribution in [0.2, 0.25) is 23.2 Å². The summed E-state index contributed by atoms with van der Waals surface area (Å²) < 4.78 is 6.76. The second kappa shape index (κ2) is 8.61. The van der Waals surface area contributed by atoms with Crippen LogP contribution in [0.3, 0.4) is 0 Å². The number of carbonyl (C=O) groups is 2. The lowest BCUT2D eigenvalue weighted by Gasteiger charge is -2.39. The summed E-state index contributed by atoms with van der Waals surface area (Å²) in [4.78, 5) is 27.4. The third kappa shape index (κ3) is 6.36. The number of carboxylic acid groups (broad SMARTS) is 1. The molecule has 0 aliphatic rings. The highest BCUT2D eigenvalue weighted by Gasteiger charge is 2.39. The van der Waals surface area contributed by atoms with E-state index >= 15 is 0 Å². The average molecular weight is 452 g/mol. The van der Waals surface area contributed by atoms with E-state index in [9.17, 15) is 9.59 Å². The fourth-order valence-corrected chi connectivity index (χ4v) is 3.77. The van der Waals surface area contributed by atoms with Crippen LogP contribution in [-0.4, -0.2) is 42.9 Å². The third-order valence-corrected chi connectivity index (χ3v) is 10.1. The van der Waals surface area contributed by atoms with Gasteiger partial charge in [0.05, 0.1) is 21.2 Å². The first kappa shape index (κ1) is 22.1. The highest BCUT2D eigenvalue weighted by Crippen LogP contribution is 2.37. The van der Waals surface area contributed by atoms with Crippen LogP contribution in [0.1, 0.15) is 37.6 Å². The van der Waals surface area contributed by atoms with E-state index in [0.29, 0.717) is 4.47 Å². The molecule has 0 aliphatic heterocycles. The number of carbonyl (C=O) groups excluding carboxylic acids is 1. The largest absolute Gasteiger partial charge is 0.465 e. The highest BCUT2D eigenvalue weighted by molar-refractivity contribution is 9.10. The molecule has 1 atom stereocenters. The number of nitrogens with zero attached hydrogens (tertiary/aromatic N) is 1. The second-order valence-corrected chi connectivity index (χ2v) is 13.3. The summed E-state index contributed by atoms with van der Waals surface area (Å²) in [6.45, 7) is 10.4. The van der Waals surface area contributed by atoms with Gasteiger partial charge in [-0.1, -0.05) is 32.4 Å². The predicted octanol–water partition coefficient (Wildman–Crippen LogP) is 4.73. The van der Waals surface area contributed by atoms with Crippen molar-refractivity contribution in [1.29, 1.82) is 0 Å². The lowest BCUT2D eigenvalue weighted by Crippen LogP contribution is -2.47. The van der Waals surface area contributed by atoms with Crippen molar-refractivity contribution in [1.82, 2.24) is 10.3 Å². The Labute approximate surface area is 162 Å². The van der Waals surface area contributed by atoms with Crippen molar-refractivity contribution in [2.45, 2.75) is 51.4 Å². The summed E-state index contributed by atoms with van der Waals surface area (Å²) in [7, 11) is -2.18. The molecule has 0 bridgehead atoms. The molecular formula is C16H24BrClN2O4Si. The molecule has 140 valence electrons. The molecule has 6 nitrogen and oxygen atoms in total. The van der Waals surface area contributed by atoms with Gasteiger partial charge in [0.2, 0.25) is 0 Å². The molecule has 0 saturated carbocycles. The Morgan fingerprint density at radius 1 is 1.40 bits per heavy atom.